The van der Waals surface area contributed by atoms with E-state index in [1.165, 1.54) is 12.1 Å². The third-order valence-corrected chi connectivity index (χ3v) is 2.76. The van der Waals surface area contributed by atoms with Crippen molar-refractivity contribution in [2.24, 2.45) is 0 Å². The highest BCUT2D eigenvalue weighted by Crippen LogP contribution is 2.32. The Morgan fingerprint density at radius 3 is 2.41 bits per heavy atom. The van der Waals surface area contributed by atoms with Gasteiger partial charge in [0.2, 0.25) is 0 Å². The molecule has 0 aliphatic heterocycles. The first-order valence-electron chi connectivity index (χ1n) is 5.72. The highest BCUT2D eigenvalue weighted by atomic mass is 19.4. The maximum atomic E-state index is 12.7. The van der Waals surface area contributed by atoms with Gasteiger partial charge in [0.25, 0.3) is 0 Å². The van der Waals surface area contributed by atoms with Crippen LogP contribution in [0.4, 0.5) is 13.2 Å². The largest absolute Gasteiger partial charge is 0.416 e. The van der Waals surface area contributed by atoms with Crippen LogP contribution >= 0.6 is 0 Å². The molecule has 0 N–H and O–H groups in total. The second-order valence-electron chi connectivity index (χ2n) is 4.24. The Morgan fingerprint density at radius 1 is 1.29 bits per heavy atom. The summed E-state index contributed by atoms with van der Waals surface area (Å²) in [5.41, 5.74) is 0.858. The highest BCUT2D eigenvalue weighted by Gasteiger charge is 2.31. The van der Waals surface area contributed by atoms with Crippen molar-refractivity contribution >= 4 is 0 Å². The van der Waals surface area contributed by atoms with E-state index < -0.39 is 11.7 Å². The zero-order chi connectivity index (χ0) is 13.1. The molecule has 0 aliphatic rings. The number of hydrogen-bond donors (Lipinski definition) is 0. The van der Waals surface area contributed by atoms with Gasteiger partial charge in [0.15, 0.2) is 0 Å². The number of rotatable bonds is 4. The molecule has 0 radical (unpaired) electrons. The van der Waals surface area contributed by atoms with Gasteiger partial charge in [0.05, 0.1) is 5.56 Å². The van der Waals surface area contributed by atoms with Gasteiger partial charge in [0, 0.05) is 0 Å². The van der Waals surface area contributed by atoms with E-state index in [4.69, 9.17) is 0 Å². The Balaban J connectivity index is 3.23. The summed E-state index contributed by atoms with van der Waals surface area (Å²) in [5.74, 6) is -0.0621. The smallest absolute Gasteiger partial charge is 0.166 e. The molecule has 1 aromatic carbocycles. The van der Waals surface area contributed by atoms with Gasteiger partial charge in [-0.05, 0) is 35.6 Å². The highest BCUT2D eigenvalue weighted by molar-refractivity contribution is 5.35. The van der Waals surface area contributed by atoms with Crippen LogP contribution in [0.3, 0.4) is 0 Å². The molecule has 0 heterocycles. The van der Waals surface area contributed by atoms with Crippen LogP contribution in [-0.2, 0) is 12.6 Å². The minimum Gasteiger partial charge on any atom is -0.166 e. The summed E-state index contributed by atoms with van der Waals surface area (Å²) in [5, 5.41) is 0. The summed E-state index contributed by atoms with van der Waals surface area (Å²) in [4.78, 5) is 0. The van der Waals surface area contributed by atoms with Crippen LogP contribution in [0.5, 0.6) is 0 Å². The number of aryl methyl sites for hydroxylation is 1. The van der Waals surface area contributed by atoms with Gasteiger partial charge in [-0.1, -0.05) is 32.4 Å². The maximum Gasteiger partial charge on any atom is 0.416 e. The lowest BCUT2D eigenvalue weighted by Gasteiger charge is -2.14. The number of hydrogen-bond acceptors (Lipinski definition) is 0. The lowest BCUT2D eigenvalue weighted by Crippen LogP contribution is -2.07. The van der Waals surface area contributed by atoms with Crippen molar-refractivity contribution in [3.8, 4) is 0 Å². The lowest BCUT2D eigenvalue weighted by molar-refractivity contribution is -0.137. The molecule has 0 saturated heterocycles. The molecule has 3 heteroatoms. The standard InChI is InChI=1S/C14H17F3/c1-4-6-11-7-12(10(3)5-2)9-13(8-11)14(15,16)17/h5,7-10H,2,4,6H2,1,3H3. The summed E-state index contributed by atoms with van der Waals surface area (Å²) in [6, 6.07) is 4.29. The van der Waals surface area contributed by atoms with E-state index in [2.05, 4.69) is 6.58 Å². The van der Waals surface area contributed by atoms with Gasteiger partial charge in [-0.15, -0.1) is 6.58 Å². The summed E-state index contributed by atoms with van der Waals surface area (Å²) < 4.78 is 38.2. The molecule has 1 aromatic rings. The van der Waals surface area contributed by atoms with Crippen LogP contribution in [0.1, 0.15) is 42.9 Å². The van der Waals surface area contributed by atoms with Gasteiger partial charge < -0.3 is 0 Å². The molecule has 0 saturated carbocycles. The fraction of sp³-hybridized carbons (Fsp3) is 0.429. The monoisotopic (exact) mass is 242 g/mol. The third kappa shape index (κ3) is 3.62. The van der Waals surface area contributed by atoms with Gasteiger partial charge in [-0.2, -0.15) is 13.2 Å². The van der Waals surface area contributed by atoms with Crippen LogP contribution in [-0.4, -0.2) is 0 Å². The zero-order valence-electron chi connectivity index (χ0n) is 10.1. The van der Waals surface area contributed by atoms with Crippen LogP contribution in [0.2, 0.25) is 0 Å². The predicted octanol–water partition coefficient (Wildman–Crippen LogP) is 4.95. The molecule has 0 nitrogen and oxygen atoms in total. The molecule has 1 atom stereocenters. The summed E-state index contributed by atoms with van der Waals surface area (Å²) in [7, 11) is 0. The van der Waals surface area contributed by atoms with E-state index in [1.807, 2.05) is 19.9 Å². The van der Waals surface area contributed by atoms with Crippen LogP contribution < -0.4 is 0 Å². The Labute approximate surface area is 100 Å². The van der Waals surface area contributed by atoms with Crippen LogP contribution in [0.15, 0.2) is 30.9 Å². The number of benzene rings is 1. The first kappa shape index (κ1) is 13.8. The normalized spacial score (nSPS) is 13.5. The lowest BCUT2D eigenvalue weighted by atomic mass is 9.95. The minimum absolute atomic E-state index is 0.0621. The van der Waals surface area contributed by atoms with Crippen molar-refractivity contribution in [2.75, 3.05) is 0 Å². The molecule has 0 aromatic heterocycles. The molecular weight excluding hydrogens is 225 g/mol. The van der Waals surface area contributed by atoms with Gasteiger partial charge >= 0.3 is 6.18 Å². The molecular formula is C14H17F3. The van der Waals surface area contributed by atoms with Gasteiger partial charge in [-0.3, -0.25) is 0 Å². The molecule has 0 spiro atoms. The van der Waals surface area contributed by atoms with E-state index in [-0.39, 0.29) is 5.92 Å². The Bertz CT molecular complexity index is 391. The van der Waals surface area contributed by atoms with Crippen LogP contribution in [0.25, 0.3) is 0 Å². The molecule has 17 heavy (non-hydrogen) atoms. The second-order valence-corrected chi connectivity index (χ2v) is 4.24. The van der Waals surface area contributed by atoms with E-state index >= 15 is 0 Å². The van der Waals surface area contributed by atoms with Gasteiger partial charge in [0.1, 0.15) is 0 Å². The number of allylic oxidation sites excluding steroid dienone is 1. The Morgan fingerprint density at radius 2 is 1.94 bits per heavy atom. The van der Waals surface area contributed by atoms with E-state index in [1.54, 1.807) is 6.08 Å². The molecule has 94 valence electrons. The van der Waals surface area contributed by atoms with Crippen molar-refractivity contribution in [2.45, 2.75) is 38.8 Å². The summed E-state index contributed by atoms with van der Waals surface area (Å²) in [6.07, 6.45) is -1.12. The summed E-state index contributed by atoms with van der Waals surface area (Å²) in [6.45, 7) is 7.42. The van der Waals surface area contributed by atoms with Crippen molar-refractivity contribution in [3.63, 3.8) is 0 Å². The fourth-order valence-electron chi connectivity index (χ4n) is 1.71. The first-order valence-corrected chi connectivity index (χ1v) is 5.72. The quantitative estimate of drug-likeness (QED) is 0.655. The van der Waals surface area contributed by atoms with Crippen molar-refractivity contribution in [1.29, 1.82) is 0 Å². The van der Waals surface area contributed by atoms with E-state index in [9.17, 15) is 13.2 Å². The van der Waals surface area contributed by atoms with Gasteiger partial charge in [-0.25, -0.2) is 0 Å². The Kier molecular flexibility index (Phi) is 4.38. The zero-order valence-corrected chi connectivity index (χ0v) is 10.1. The Hall–Kier alpha value is -1.25. The average molecular weight is 242 g/mol. The third-order valence-electron chi connectivity index (χ3n) is 2.76. The maximum absolute atomic E-state index is 12.7. The van der Waals surface area contributed by atoms with Crippen molar-refractivity contribution in [3.05, 3.63) is 47.5 Å². The SMILES string of the molecule is C=CC(C)c1cc(CCC)cc(C(F)(F)F)c1. The topological polar surface area (TPSA) is 0 Å². The average Bonchev–Trinajstić information content (AvgIpc) is 2.27. The van der Waals surface area contributed by atoms with Crippen LogP contribution in [0, 0.1) is 0 Å². The number of alkyl halides is 3. The van der Waals surface area contributed by atoms with Crippen molar-refractivity contribution < 1.29 is 13.2 Å². The molecule has 1 unspecified atom stereocenters. The second kappa shape index (κ2) is 5.39. The van der Waals surface area contributed by atoms with E-state index in [0.29, 0.717) is 12.0 Å². The minimum atomic E-state index is -4.28. The molecule has 0 bridgehead atoms. The molecule has 0 fully saturated rings. The molecule has 1 rings (SSSR count). The molecule has 0 aliphatic carbocycles. The van der Waals surface area contributed by atoms with Crippen molar-refractivity contribution in [1.82, 2.24) is 0 Å². The van der Waals surface area contributed by atoms with E-state index in [0.717, 1.165) is 12.0 Å². The predicted molar refractivity (Wildman–Crippen MR) is 64.1 cm³/mol. The summed E-state index contributed by atoms with van der Waals surface area (Å²) >= 11 is 0. The number of halogens is 3. The first-order chi connectivity index (χ1) is 7.88. The fourth-order valence-corrected chi connectivity index (χ4v) is 1.71. The molecule has 0 amide bonds.